The van der Waals surface area contributed by atoms with Crippen LogP contribution < -0.4 is 4.90 Å². The number of rotatable bonds is 3. The first-order chi connectivity index (χ1) is 9.69. The molecule has 0 amide bonds. The molecule has 20 heavy (non-hydrogen) atoms. The topological polar surface area (TPSA) is 56.6 Å². The van der Waals surface area contributed by atoms with Crippen LogP contribution in [0.3, 0.4) is 0 Å². The normalized spacial score (nSPS) is 20.6. The molecule has 2 N–H and O–H groups in total. The minimum atomic E-state index is -0.273. The first kappa shape index (κ1) is 13.3. The van der Waals surface area contributed by atoms with Gasteiger partial charge in [0.15, 0.2) is 0 Å². The highest BCUT2D eigenvalue weighted by Crippen LogP contribution is 2.32. The fourth-order valence-electron chi connectivity index (χ4n) is 2.95. The first-order valence-electron chi connectivity index (χ1n) is 7.11. The molecular weight excluding hydrogens is 252 g/mol. The van der Waals surface area contributed by atoms with Crippen molar-refractivity contribution in [2.24, 2.45) is 5.92 Å². The molecule has 1 aromatic carbocycles. The van der Waals surface area contributed by atoms with Gasteiger partial charge in [0.25, 0.3) is 0 Å². The highest BCUT2D eigenvalue weighted by atomic mass is 16.3. The van der Waals surface area contributed by atoms with Gasteiger partial charge in [-0.1, -0.05) is 18.2 Å². The molecule has 0 bridgehead atoms. The van der Waals surface area contributed by atoms with Crippen LogP contribution in [0, 0.1) is 5.92 Å². The highest BCUT2D eigenvalue weighted by molar-refractivity contribution is 5.92. The minimum absolute atomic E-state index is 0.0501. The SMILES string of the molecule is CC(O)C1CCN(c2cc(CO)nc3ccccc23)C1. The summed E-state index contributed by atoms with van der Waals surface area (Å²) in [6, 6.07) is 9.97. The van der Waals surface area contributed by atoms with Gasteiger partial charge in [-0.2, -0.15) is 0 Å². The van der Waals surface area contributed by atoms with Gasteiger partial charge in [-0.3, -0.25) is 4.98 Å². The molecule has 106 valence electrons. The summed E-state index contributed by atoms with van der Waals surface area (Å²) in [5.41, 5.74) is 2.72. The maximum absolute atomic E-state index is 9.75. The van der Waals surface area contributed by atoms with E-state index in [0.29, 0.717) is 11.6 Å². The molecule has 4 heteroatoms. The van der Waals surface area contributed by atoms with Gasteiger partial charge in [0, 0.05) is 30.1 Å². The Morgan fingerprint density at radius 1 is 1.40 bits per heavy atom. The second-order valence-electron chi connectivity index (χ2n) is 5.54. The smallest absolute Gasteiger partial charge is 0.0854 e. The van der Waals surface area contributed by atoms with E-state index < -0.39 is 0 Å². The number of aromatic nitrogens is 1. The van der Waals surface area contributed by atoms with Gasteiger partial charge in [0.2, 0.25) is 0 Å². The number of benzene rings is 1. The zero-order valence-corrected chi connectivity index (χ0v) is 11.7. The first-order valence-corrected chi connectivity index (χ1v) is 7.11. The molecular formula is C16H20N2O2. The van der Waals surface area contributed by atoms with E-state index in [9.17, 15) is 10.2 Å². The van der Waals surface area contributed by atoms with E-state index in [1.807, 2.05) is 31.2 Å². The summed E-state index contributed by atoms with van der Waals surface area (Å²) in [5, 5.41) is 20.2. The summed E-state index contributed by atoms with van der Waals surface area (Å²) >= 11 is 0. The number of fused-ring (bicyclic) bond motifs is 1. The maximum Gasteiger partial charge on any atom is 0.0854 e. The van der Waals surface area contributed by atoms with Gasteiger partial charge in [-0.05, 0) is 25.5 Å². The van der Waals surface area contributed by atoms with Gasteiger partial charge in [0.05, 0.1) is 23.9 Å². The molecule has 0 radical (unpaired) electrons. The Labute approximate surface area is 118 Å². The molecule has 3 rings (SSSR count). The lowest BCUT2D eigenvalue weighted by Crippen LogP contribution is -2.24. The third kappa shape index (κ3) is 2.37. The number of hydrogen-bond acceptors (Lipinski definition) is 4. The molecule has 0 saturated carbocycles. The van der Waals surface area contributed by atoms with Crippen LogP contribution in [0.15, 0.2) is 30.3 Å². The number of para-hydroxylation sites is 1. The van der Waals surface area contributed by atoms with E-state index in [2.05, 4.69) is 16.0 Å². The van der Waals surface area contributed by atoms with Gasteiger partial charge in [-0.15, -0.1) is 0 Å². The number of hydrogen-bond donors (Lipinski definition) is 2. The predicted octanol–water partition coefficient (Wildman–Crippen LogP) is 1.93. The summed E-state index contributed by atoms with van der Waals surface area (Å²) in [6.45, 7) is 3.61. The molecule has 0 spiro atoms. The van der Waals surface area contributed by atoms with Gasteiger partial charge < -0.3 is 15.1 Å². The van der Waals surface area contributed by atoms with E-state index in [-0.39, 0.29) is 12.7 Å². The molecule has 1 saturated heterocycles. The molecule has 0 aliphatic carbocycles. The van der Waals surface area contributed by atoms with E-state index in [0.717, 1.165) is 36.1 Å². The zero-order valence-electron chi connectivity index (χ0n) is 11.7. The van der Waals surface area contributed by atoms with Crippen molar-refractivity contribution in [2.45, 2.75) is 26.1 Å². The summed E-state index contributed by atoms with van der Waals surface area (Å²) in [4.78, 5) is 6.75. The third-order valence-corrected chi connectivity index (χ3v) is 4.16. The minimum Gasteiger partial charge on any atom is -0.393 e. The number of pyridine rings is 1. The summed E-state index contributed by atoms with van der Waals surface area (Å²) < 4.78 is 0. The molecule has 2 unspecified atom stereocenters. The number of aliphatic hydroxyl groups excluding tert-OH is 2. The van der Waals surface area contributed by atoms with Crippen molar-refractivity contribution in [3.8, 4) is 0 Å². The van der Waals surface area contributed by atoms with Crippen molar-refractivity contribution in [1.82, 2.24) is 4.98 Å². The summed E-state index contributed by atoms with van der Waals surface area (Å²) in [5.74, 6) is 0.319. The van der Waals surface area contributed by atoms with Crippen LogP contribution in [0.25, 0.3) is 10.9 Å². The Bertz CT molecular complexity index is 612. The second kappa shape index (κ2) is 5.38. The Hall–Kier alpha value is -1.65. The standard InChI is InChI=1S/C16H20N2O2/c1-11(20)12-6-7-18(9-12)16-8-13(10-19)17-15-5-3-2-4-14(15)16/h2-5,8,11-12,19-20H,6-7,9-10H2,1H3. The fourth-order valence-corrected chi connectivity index (χ4v) is 2.95. The van der Waals surface area contributed by atoms with Crippen LogP contribution in [-0.4, -0.2) is 34.4 Å². The van der Waals surface area contributed by atoms with Crippen molar-refractivity contribution in [1.29, 1.82) is 0 Å². The molecule has 1 aliphatic rings. The molecule has 1 aromatic heterocycles. The van der Waals surface area contributed by atoms with Crippen LogP contribution in [-0.2, 0) is 6.61 Å². The van der Waals surface area contributed by atoms with Crippen molar-refractivity contribution >= 4 is 16.6 Å². The van der Waals surface area contributed by atoms with Crippen LogP contribution in [0.4, 0.5) is 5.69 Å². The third-order valence-electron chi connectivity index (χ3n) is 4.16. The van der Waals surface area contributed by atoms with Gasteiger partial charge in [0.1, 0.15) is 0 Å². The largest absolute Gasteiger partial charge is 0.393 e. The summed E-state index contributed by atoms with van der Waals surface area (Å²) in [7, 11) is 0. The average Bonchev–Trinajstić information content (AvgIpc) is 2.96. The lowest BCUT2D eigenvalue weighted by atomic mass is 10.0. The molecule has 1 fully saturated rings. The van der Waals surface area contributed by atoms with Crippen LogP contribution >= 0.6 is 0 Å². The Morgan fingerprint density at radius 3 is 2.90 bits per heavy atom. The lowest BCUT2D eigenvalue weighted by molar-refractivity contribution is 0.136. The van der Waals surface area contributed by atoms with Crippen molar-refractivity contribution in [2.75, 3.05) is 18.0 Å². The van der Waals surface area contributed by atoms with Crippen molar-refractivity contribution in [3.63, 3.8) is 0 Å². The molecule has 2 heterocycles. The van der Waals surface area contributed by atoms with Gasteiger partial charge in [-0.25, -0.2) is 0 Å². The lowest BCUT2D eigenvalue weighted by Gasteiger charge is -2.22. The Morgan fingerprint density at radius 2 is 2.20 bits per heavy atom. The number of nitrogens with zero attached hydrogens (tertiary/aromatic N) is 2. The molecule has 1 aliphatic heterocycles. The van der Waals surface area contributed by atoms with E-state index in [1.165, 1.54) is 0 Å². The number of aliphatic hydroxyl groups is 2. The van der Waals surface area contributed by atoms with Crippen molar-refractivity contribution < 1.29 is 10.2 Å². The van der Waals surface area contributed by atoms with Crippen molar-refractivity contribution in [3.05, 3.63) is 36.0 Å². The average molecular weight is 272 g/mol. The Kier molecular flexibility index (Phi) is 3.59. The van der Waals surface area contributed by atoms with Crippen LogP contribution in [0.5, 0.6) is 0 Å². The van der Waals surface area contributed by atoms with Crippen LogP contribution in [0.1, 0.15) is 19.0 Å². The summed E-state index contributed by atoms with van der Waals surface area (Å²) in [6.07, 6.45) is 0.730. The molecule has 2 atom stereocenters. The highest BCUT2D eigenvalue weighted by Gasteiger charge is 2.27. The Balaban J connectivity index is 2.02. The maximum atomic E-state index is 9.75. The van der Waals surface area contributed by atoms with Gasteiger partial charge >= 0.3 is 0 Å². The fraction of sp³-hybridized carbons (Fsp3) is 0.438. The van der Waals surface area contributed by atoms with Crippen LogP contribution in [0.2, 0.25) is 0 Å². The van der Waals surface area contributed by atoms with E-state index in [1.54, 1.807) is 0 Å². The quantitative estimate of drug-likeness (QED) is 0.896. The monoisotopic (exact) mass is 272 g/mol. The molecule has 2 aromatic rings. The second-order valence-corrected chi connectivity index (χ2v) is 5.54. The zero-order chi connectivity index (χ0) is 14.1. The van der Waals surface area contributed by atoms with E-state index in [4.69, 9.17) is 0 Å². The predicted molar refractivity (Wildman–Crippen MR) is 79.7 cm³/mol. The van der Waals surface area contributed by atoms with E-state index >= 15 is 0 Å². The molecule has 4 nitrogen and oxygen atoms in total. The number of anilines is 1.